The lowest BCUT2D eigenvalue weighted by atomic mass is 9.60. The summed E-state index contributed by atoms with van der Waals surface area (Å²) < 4.78 is 0. The van der Waals surface area contributed by atoms with Crippen LogP contribution in [0, 0.1) is 52.3 Å². The fraction of sp³-hybridized carbons (Fsp3) is 0.960. The third kappa shape index (κ3) is 3.94. The van der Waals surface area contributed by atoms with Crippen LogP contribution in [0.2, 0.25) is 0 Å². The van der Waals surface area contributed by atoms with Crippen molar-refractivity contribution in [1.82, 2.24) is 21.5 Å². The Hall–Kier alpha value is -0.670. The van der Waals surface area contributed by atoms with Crippen molar-refractivity contribution in [3.8, 4) is 6.07 Å². The molecule has 0 radical (unpaired) electrons. The Morgan fingerprint density at radius 3 is 2.27 bits per heavy atom. The van der Waals surface area contributed by atoms with Crippen molar-refractivity contribution in [3.05, 3.63) is 0 Å². The molecular formula is C25H43N5. The Morgan fingerprint density at radius 2 is 1.53 bits per heavy atom. The molecule has 3 aliphatic heterocycles. The number of hydrogen-bond acceptors (Lipinski definition) is 5. The van der Waals surface area contributed by atoms with Gasteiger partial charge >= 0.3 is 0 Å². The standard InChI is InChI=1S/C25H43N5/c1-25(2,15-26)19-6-3-17(4-7-19)24-23-20-13-18(16-9-11-27-12-10-16)5-8-21(20)28-14-22(23)29-30-24/h16-24,27-30H,3-14H2,1-2H3. The fourth-order valence-corrected chi connectivity index (χ4v) is 8.06. The molecule has 2 saturated carbocycles. The van der Waals surface area contributed by atoms with Crippen LogP contribution in [-0.4, -0.2) is 37.8 Å². The number of hydrazine groups is 1. The number of nitriles is 1. The summed E-state index contributed by atoms with van der Waals surface area (Å²) in [6.07, 6.45) is 12.1. The van der Waals surface area contributed by atoms with Crippen LogP contribution >= 0.6 is 0 Å². The van der Waals surface area contributed by atoms with E-state index in [1.807, 2.05) is 0 Å². The minimum atomic E-state index is -0.167. The molecule has 5 heteroatoms. The second-order valence-corrected chi connectivity index (χ2v) is 11.8. The first kappa shape index (κ1) is 21.2. The lowest BCUT2D eigenvalue weighted by Crippen LogP contribution is -2.58. The van der Waals surface area contributed by atoms with Gasteiger partial charge in [0.25, 0.3) is 0 Å². The average Bonchev–Trinajstić information content (AvgIpc) is 3.24. The van der Waals surface area contributed by atoms with Gasteiger partial charge in [-0.25, -0.2) is 0 Å². The van der Waals surface area contributed by atoms with Gasteiger partial charge in [-0.1, -0.05) is 0 Å². The molecule has 0 spiro atoms. The van der Waals surface area contributed by atoms with Crippen molar-refractivity contribution in [1.29, 1.82) is 5.26 Å². The monoisotopic (exact) mass is 413 g/mol. The van der Waals surface area contributed by atoms with Crippen molar-refractivity contribution in [3.63, 3.8) is 0 Å². The fourth-order valence-electron chi connectivity index (χ4n) is 8.06. The van der Waals surface area contributed by atoms with E-state index in [4.69, 9.17) is 0 Å². The van der Waals surface area contributed by atoms with Crippen LogP contribution in [0.1, 0.15) is 71.6 Å². The quantitative estimate of drug-likeness (QED) is 0.572. The van der Waals surface area contributed by atoms with Gasteiger partial charge in [0.15, 0.2) is 0 Å². The molecule has 5 rings (SSSR count). The molecule has 6 atom stereocenters. The number of piperidine rings is 2. The minimum absolute atomic E-state index is 0.167. The van der Waals surface area contributed by atoms with Crippen LogP contribution in [0.4, 0.5) is 0 Å². The van der Waals surface area contributed by atoms with Gasteiger partial charge in [0.05, 0.1) is 11.5 Å². The van der Waals surface area contributed by atoms with E-state index in [0.29, 0.717) is 18.0 Å². The van der Waals surface area contributed by atoms with Gasteiger partial charge in [0.1, 0.15) is 0 Å². The Balaban J connectivity index is 1.26. The van der Waals surface area contributed by atoms with Crippen LogP contribution < -0.4 is 21.5 Å². The van der Waals surface area contributed by atoms with E-state index in [9.17, 15) is 5.26 Å². The molecule has 0 amide bonds. The maximum atomic E-state index is 9.56. The zero-order valence-corrected chi connectivity index (χ0v) is 19.1. The molecule has 0 aromatic heterocycles. The largest absolute Gasteiger partial charge is 0.317 e. The van der Waals surface area contributed by atoms with Gasteiger partial charge in [-0.3, -0.25) is 10.9 Å². The van der Waals surface area contributed by atoms with Crippen LogP contribution in [0.25, 0.3) is 0 Å². The van der Waals surface area contributed by atoms with Crippen molar-refractivity contribution < 1.29 is 0 Å². The second-order valence-electron chi connectivity index (χ2n) is 11.8. The molecule has 4 N–H and O–H groups in total. The van der Waals surface area contributed by atoms with Crippen molar-refractivity contribution >= 4 is 0 Å². The maximum Gasteiger partial charge on any atom is 0.0686 e. The van der Waals surface area contributed by atoms with Crippen molar-refractivity contribution in [2.45, 2.75) is 89.8 Å². The second kappa shape index (κ2) is 8.70. The first-order valence-electron chi connectivity index (χ1n) is 12.9. The molecule has 0 aromatic carbocycles. The highest BCUT2D eigenvalue weighted by Crippen LogP contribution is 2.48. The van der Waals surface area contributed by atoms with E-state index in [1.165, 1.54) is 70.9 Å². The normalized spacial score (nSPS) is 45.4. The number of hydrogen-bond donors (Lipinski definition) is 4. The van der Waals surface area contributed by atoms with E-state index in [1.54, 1.807) is 0 Å². The van der Waals surface area contributed by atoms with Gasteiger partial charge in [0.2, 0.25) is 0 Å². The summed E-state index contributed by atoms with van der Waals surface area (Å²) in [5, 5.41) is 17.0. The number of fused-ring (bicyclic) bond motifs is 3. The number of nitrogens with zero attached hydrogens (tertiary/aromatic N) is 1. The average molecular weight is 414 g/mol. The smallest absolute Gasteiger partial charge is 0.0686 e. The van der Waals surface area contributed by atoms with Crippen molar-refractivity contribution in [2.24, 2.45) is 40.9 Å². The molecule has 3 saturated heterocycles. The summed E-state index contributed by atoms with van der Waals surface area (Å²) in [5.74, 6) is 4.86. The van der Waals surface area contributed by atoms with E-state index in [-0.39, 0.29) is 5.41 Å². The molecule has 2 aliphatic carbocycles. The zero-order valence-electron chi connectivity index (χ0n) is 19.1. The Kier molecular flexibility index (Phi) is 6.14. The highest BCUT2D eigenvalue weighted by atomic mass is 15.4. The van der Waals surface area contributed by atoms with Gasteiger partial charge in [-0.05, 0) is 120 Å². The highest BCUT2D eigenvalue weighted by Gasteiger charge is 2.51. The molecule has 5 fully saturated rings. The molecule has 0 bridgehead atoms. The van der Waals surface area contributed by atoms with Gasteiger partial charge in [-0.2, -0.15) is 5.26 Å². The molecule has 30 heavy (non-hydrogen) atoms. The van der Waals surface area contributed by atoms with Crippen LogP contribution in [0.15, 0.2) is 0 Å². The van der Waals surface area contributed by atoms with Gasteiger partial charge < -0.3 is 10.6 Å². The third-order valence-corrected chi connectivity index (χ3v) is 9.99. The summed E-state index contributed by atoms with van der Waals surface area (Å²) >= 11 is 0. The van der Waals surface area contributed by atoms with E-state index in [2.05, 4.69) is 41.4 Å². The van der Waals surface area contributed by atoms with E-state index < -0.39 is 0 Å². The van der Waals surface area contributed by atoms with Crippen molar-refractivity contribution in [2.75, 3.05) is 19.6 Å². The number of nitrogens with one attached hydrogen (secondary N) is 4. The Bertz CT molecular complexity index is 628. The Morgan fingerprint density at radius 1 is 0.800 bits per heavy atom. The van der Waals surface area contributed by atoms with E-state index >= 15 is 0 Å². The topological polar surface area (TPSA) is 71.9 Å². The molecule has 5 nitrogen and oxygen atoms in total. The lowest BCUT2D eigenvalue weighted by molar-refractivity contribution is 0.0458. The molecular weight excluding hydrogens is 370 g/mol. The minimum Gasteiger partial charge on any atom is -0.317 e. The maximum absolute atomic E-state index is 9.56. The highest BCUT2D eigenvalue weighted by molar-refractivity contribution is 5.08. The summed E-state index contributed by atoms with van der Waals surface area (Å²) in [6.45, 7) is 7.87. The van der Waals surface area contributed by atoms with Gasteiger partial charge in [0, 0.05) is 24.7 Å². The SMILES string of the molecule is CC(C)(C#N)C1CCC(C2NNC3CNC4CCC(C5CCNCC5)CC4C32)CC1. The van der Waals surface area contributed by atoms with E-state index in [0.717, 1.165) is 42.2 Å². The summed E-state index contributed by atoms with van der Waals surface area (Å²) in [4.78, 5) is 0. The van der Waals surface area contributed by atoms with Crippen LogP contribution in [-0.2, 0) is 0 Å². The first-order chi connectivity index (χ1) is 14.6. The number of rotatable bonds is 3. The Labute approximate surface area is 183 Å². The van der Waals surface area contributed by atoms with Gasteiger partial charge in [-0.15, -0.1) is 0 Å². The zero-order chi connectivity index (χ0) is 20.7. The molecule has 3 heterocycles. The lowest BCUT2D eigenvalue weighted by Gasteiger charge is -2.50. The third-order valence-electron chi connectivity index (χ3n) is 9.99. The van der Waals surface area contributed by atoms with Crippen LogP contribution in [0.3, 0.4) is 0 Å². The predicted molar refractivity (Wildman–Crippen MR) is 120 cm³/mol. The first-order valence-corrected chi connectivity index (χ1v) is 12.9. The molecule has 6 unspecified atom stereocenters. The summed E-state index contributed by atoms with van der Waals surface area (Å²) in [5.41, 5.74) is 7.34. The van der Waals surface area contributed by atoms with Crippen LogP contribution in [0.5, 0.6) is 0 Å². The molecule has 5 aliphatic rings. The predicted octanol–water partition coefficient (Wildman–Crippen LogP) is 3.19. The summed E-state index contributed by atoms with van der Waals surface area (Å²) in [6, 6.07) is 4.53. The summed E-state index contributed by atoms with van der Waals surface area (Å²) in [7, 11) is 0. The molecule has 168 valence electrons. The molecule has 0 aromatic rings.